The van der Waals surface area contributed by atoms with Crippen LogP contribution in [0.3, 0.4) is 0 Å². The lowest BCUT2D eigenvalue weighted by Gasteiger charge is -2.57. The van der Waals surface area contributed by atoms with Crippen LogP contribution in [0.15, 0.2) is 146 Å². The van der Waals surface area contributed by atoms with Crippen LogP contribution in [0.4, 0.5) is 5.69 Å². The summed E-state index contributed by atoms with van der Waals surface area (Å²) in [6.45, 7) is 0. The summed E-state index contributed by atoms with van der Waals surface area (Å²) in [6, 6.07) is 53.4. The fourth-order valence-corrected chi connectivity index (χ4v) is 10.6. The number of nitrogens with zero attached hydrogens (tertiary/aromatic N) is 6. The SMILES string of the molecule is c1ccc(-c2ccc3c(c2)c2ccccc2n3-c2nc(-c3cccc(N4C5CC6CC(C5)CC4C6)c3)nc(-n3c4ccccc4c4ccccc43)n2)cc1. The van der Waals surface area contributed by atoms with E-state index < -0.39 is 0 Å². The monoisotopic (exact) mass is 698 g/mol. The Morgan fingerprint density at radius 1 is 0.389 bits per heavy atom. The van der Waals surface area contributed by atoms with E-state index in [1.807, 2.05) is 0 Å². The number of rotatable bonds is 5. The second-order valence-corrected chi connectivity index (χ2v) is 15.8. The van der Waals surface area contributed by atoms with Crippen molar-refractivity contribution in [1.82, 2.24) is 24.1 Å². The van der Waals surface area contributed by atoms with Crippen LogP contribution in [0.1, 0.15) is 32.1 Å². The summed E-state index contributed by atoms with van der Waals surface area (Å²) >= 11 is 0. The van der Waals surface area contributed by atoms with Gasteiger partial charge in [-0.1, -0.05) is 103 Å². The number of aromatic nitrogens is 5. The fourth-order valence-electron chi connectivity index (χ4n) is 10.6. The molecule has 260 valence electrons. The van der Waals surface area contributed by atoms with Crippen molar-refractivity contribution < 1.29 is 0 Å². The zero-order chi connectivity index (χ0) is 35.3. The van der Waals surface area contributed by atoms with E-state index in [4.69, 9.17) is 15.0 Å². The number of para-hydroxylation sites is 3. The van der Waals surface area contributed by atoms with Crippen molar-refractivity contribution in [2.24, 2.45) is 11.8 Å². The zero-order valence-corrected chi connectivity index (χ0v) is 29.9. The van der Waals surface area contributed by atoms with Gasteiger partial charge in [0, 0.05) is 44.9 Å². The first-order valence-electron chi connectivity index (χ1n) is 19.5. The molecule has 6 aromatic carbocycles. The normalized spacial score (nSPS) is 20.6. The van der Waals surface area contributed by atoms with Gasteiger partial charge in [-0.2, -0.15) is 15.0 Å². The lowest BCUT2D eigenvalue weighted by atomic mass is 9.63. The predicted octanol–water partition coefficient (Wildman–Crippen LogP) is 11.2. The Bertz CT molecular complexity index is 2840. The van der Waals surface area contributed by atoms with E-state index in [0.29, 0.717) is 29.8 Å². The second kappa shape index (κ2) is 11.6. The minimum absolute atomic E-state index is 0.607. The standard InChI is InChI=1S/C48H38N6/c1-2-11-32(12-3-1)33-21-22-45-41(29-33)40-17-6-9-20-44(40)54(45)48-50-46(34-13-10-14-35(28-34)52-36-24-30-23-31(26-36)27-37(52)25-30)49-47(51-48)53-42-18-7-4-15-38(42)39-16-5-8-19-43(39)53/h1-22,28-31,36-37H,23-27H2. The molecule has 0 spiro atoms. The third kappa shape index (κ3) is 4.55. The van der Waals surface area contributed by atoms with Crippen LogP contribution in [0.25, 0.3) is 78.0 Å². The van der Waals surface area contributed by atoms with Gasteiger partial charge in [-0.05, 0) is 97.5 Å². The molecule has 9 aromatic rings. The van der Waals surface area contributed by atoms with Crippen molar-refractivity contribution in [2.45, 2.75) is 44.2 Å². The average Bonchev–Trinajstić information content (AvgIpc) is 3.73. The van der Waals surface area contributed by atoms with E-state index in [0.717, 1.165) is 39.5 Å². The van der Waals surface area contributed by atoms with Crippen molar-refractivity contribution in [3.63, 3.8) is 0 Å². The van der Waals surface area contributed by atoms with E-state index in [1.54, 1.807) is 0 Å². The highest BCUT2D eigenvalue weighted by Crippen LogP contribution is 2.51. The summed E-state index contributed by atoms with van der Waals surface area (Å²) in [6.07, 6.45) is 6.74. The first-order chi connectivity index (χ1) is 26.7. The molecule has 54 heavy (non-hydrogen) atoms. The van der Waals surface area contributed by atoms with Gasteiger partial charge in [0.15, 0.2) is 5.82 Å². The van der Waals surface area contributed by atoms with Crippen molar-refractivity contribution >= 4 is 49.3 Å². The smallest absolute Gasteiger partial charge is 0.240 e. The number of benzene rings is 6. The number of piperidine rings is 2. The van der Waals surface area contributed by atoms with E-state index in [1.165, 1.54) is 70.5 Å². The number of fused-ring (bicyclic) bond motifs is 6. The quantitative estimate of drug-likeness (QED) is 0.180. The Morgan fingerprint density at radius 2 is 0.907 bits per heavy atom. The lowest BCUT2D eigenvalue weighted by molar-refractivity contribution is 0.0900. The predicted molar refractivity (Wildman–Crippen MR) is 219 cm³/mol. The Hall–Kier alpha value is -6.27. The third-order valence-electron chi connectivity index (χ3n) is 12.6. The van der Waals surface area contributed by atoms with Gasteiger partial charge >= 0.3 is 0 Å². The van der Waals surface area contributed by atoms with E-state index in [2.05, 4.69) is 160 Å². The summed E-state index contributed by atoms with van der Waals surface area (Å²) in [5.74, 6) is 3.70. The van der Waals surface area contributed by atoms with Crippen LogP contribution in [-0.4, -0.2) is 36.2 Å². The largest absolute Gasteiger partial charge is 0.366 e. The number of anilines is 1. The molecule has 4 aliphatic rings. The first-order valence-corrected chi connectivity index (χ1v) is 19.5. The van der Waals surface area contributed by atoms with E-state index in [-0.39, 0.29) is 0 Å². The molecule has 6 nitrogen and oxygen atoms in total. The number of hydrogen-bond acceptors (Lipinski definition) is 4. The highest BCUT2D eigenvalue weighted by molar-refractivity contribution is 6.11. The Balaban J connectivity index is 1.10. The average molecular weight is 699 g/mol. The van der Waals surface area contributed by atoms with Gasteiger partial charge in [0.05, 0.1) is 22.1 Å². The van der Waals surface area contributed by atoms with Crippen LogP contribution < -0.4 is 4.90 Å². The maximum absolute atomic E-state index is 5.39. The molecule has 2 saturated heterocycles. The number of hydrogen-bond donors (Lipinski definition) is 0. The van der Waals surface area contributed by atoms with Crippen molar-refractivity contribution in [2.75, 3.05) is 4.90 Å². The molecule has 2 aliphatic carbocycles. The van der Waals surface area contributed by atoms with Gasteiger partial charge < -0.3 is 4.90 Å². The summed E-state index contributed by atoms with van der Waals surface area (Å²) in [4.78, 5) is 18.9. The van der Waals surface area contributed by atoms with Crippen LogP contribution in [0.2, 0.25) is 0 Å². The molecule has 3 aromatic heterocycles. The summed E-state index contributed by atoms with van der Waals surface area (Å²) in [5.41, 5.74) is 8.97. The second-order valence-electron chi connectivity index (χ2n) is 15.8. The molecule has 5 heterocycles. The molecule has 0 N–H and O–H groups in total. The van der Waals surface area contributed by atoms with Gasteiger partial charge in [0.2, 0.25) is 11.9 Å². The van der Waals surface area contributed by atoms with Crippen molar-refractivity contribution in [1.29, 1.82) is 0 Å². The van der Waals surface area contributed by atoms with Crippen LogP contribution in [0.5, 0.6) is 0 Å². The first kappa shape index (κ1) is 30.2. The Labute approximate surface area is 313 Å². The molecule has 2 aliphatic heterocycles. The molecule has 0 unspecified atom stereocenters. The minimum atomic E-state index is 0.607. The summed E-state index contributed by atoms with van der Waals surface area (Å²) in [7, 11) is 0. The fraction of sp³-hybridized carbons (Fsp3) is 0.188. The Morgan fingerprint density at radius 3 is 1.52 bits per heavy atom. The maximum Gasteiger partial charge on any atom is 0.240 e. The maximum atomic E-state index is 5.39. The minimum Gasteiger partial charge on any atom is -0.366 e. The van der Waals surface area contributed by atoms with Gasteiger partial charge in [0.1, 0.15) is 0 Å². The highest BCUT2D eigenvalue weighted by atomic mass is 15.3. The third-order valence-corrected chi connectivity index (χ3v) is 12.6. The molecule has 0 atom stereocenters. The van der Waals surface area contributed by atoms with Gasteiger partial charge in [-0.3, -0.25) is 9.13 Å². The topological polar surface area (TPSA) is 51.8 Å². The molecular weight excluding hydrogens is 661 g/mol. The molecule has 4 fully saturated rings. The highest BCUT2D eigenvalue weighted by Gasteiger charge is 2.46. The molecule has 0 radical (unpaired) electrons. The molecule has 13 rings (SSSR count). The van der Waals surface area contributed by atoms with Crippen LogP contribution >= 0.6 is 0 Å². The molecule has 2 saturated carbocycles. The Kier molecular flexibility index (Phi) is 6.50. The van der Waals surface area contributed by atoms with Gasteiger partial charge in [-0.15, -0.1) is 0 Å². The van der Waals surface area contributed by atoms with E-state index >= 15 is 0 Å². The van der Waals surface area contributed by atoms with Crippen molar-refractivity contribution in [3.8, 4) is 34.4 Å². The molecule has 0 amide bonds. The van der Waals surface area contributed by atoms with Gasteiger partial charge in [0.25, 0.3) is 0 Å². The van der Waals surface area contributed by atoms with Gasteiger partial charge in [-0.25, -0.2) is 0 Å². The molecule has 4 bridgehead atoms. The van der Waals surface area contributed by atoms with Crippen LogP contribution in [-0.2, 0) is 0 Å². The van der Waals surface area contributed by atoms with Crippen molar-refractivity contribution in [3.05, 3.63) is 146 Å². The molecule has 6 heteroatoms. The van der Waals surface area contributed by atoms with E-state index in [9.17, 15) is 0 Å². The molecular formula is C48H38N6. The van der Waals surface area contributed by atoms with Crippen LogP contribution in [0, 0.1) is 11.8 Å². The zero-order valence-electron chi connectivity index (χ0n) is 29.9. The summed E-state index contributed by atoms with van der Waals surface area (Å²) in [5, 5.41) is 4.70. The lowest BCUT2D eigenvalue weighted by Crippen LogP contribution is -2.58. The summed E-state index contributed by atoms with van der Waals surface area (Å²) < 4.78 is 4.44.